The van der Waals surface area contributed by atoms with Crippen LogP contribution in [0.3, 0.4) is 0 Å². The van der Waals surface area contributed by atoms with E-state index in [2.05, 4.69) is 20.4 Å². The fourth-order valence-electron chi connectivity index (χ4n) is 2.72. The number of rotatable bonds is 5. The maximum Gasteiger partial charge on any atom is 0.251 e. The molecular weight excluding hydrogens is 314 g/mol. The van der Waals surface area contributed by atoms with E-state index < -0.39 is 0 Å². The number of nitrogens with one attached hydrogen (secondary N) is 1. The van der Waals surface area contributed by atoms with E-state index >= 15 is 0 Å². The second kappa shape index (κ2) is 7.25. The van der Waals surface area contributed by atoms with Crippen LogP contribution in [0, 0.1) is 13.8 Å². The number of benzene rings is 1. The Morgan fingerprint density at radius 1 is 1.16 bits per heavy atom. The van der Waals surface area contributed by atoms with Gasteiger partial charge in [-0.3, -0.25) is 9.48 Å². The Kier molecular flexibility index (Phi) is 4.88. The Balaban J connectivity index is 1.70. The Labute approximate surface area is 146 Å². The van der Waals surface area contributed by atoms with Gasteiger partial charge in [0.1, 0.15) is 0 Å². The molecule has 0 aliphatic carbocycles. The predicted molar refractivity (Wildman–Crippen MR) is 96.1 cm³/mol. The molecule has 6 heteroatoms. The van der Waals surface area contributed by atoms with Crippen molar-refractivity contribution in [1.29, 1.82) is 0 Å². The summed E-state index contributed by atoms with van der Waals surface area (Å²) < 4.78 is 1.91. The smallest absolute Gasteiger partial charge is 0.251 e. The normalized spacial score (nSPS) is 12.0. The number of carbonyl (C=O) groups excluding carboxylic acids is 1. The Hall–Kier alpha value is -3.02. The van der Waals surface area contributed by atoms with Gasteiger partial charge in [0.2, 0.25) is 0 Å². The molecule has 1 unspecified atom stereocenters. The van der Waals surface area contributed by atoms with E-state index in [0.29, 0.717) is 17.9 Å². The summed E-state index contributed by atoms with van der Waals surface area (Å²) in [5, 5.41) is 7.45. The molecule has 0 saturated heterocycles. The molecule has 2 aromatic heterocycles. The average Bonchev–Trinajstić information content (AvgIpc) is 2.92. The van der Waals surface area contributed by atoms with Crippen LogP contribution >= 0.6 is 0 Å². The van der Waals surface area contributed by atoms with Crippen molar-refractivity contribution in [2.24, 2.45) is 0 Å². The zero-order valence-corrected chi connectivity index (χ0v) is 14.6. The van der Waals surface area contributed by atoms with Gasteiger partial charge in [-0.05, 0) is 45.0 Å². The highest BCUT2D eigenvalue weighted by atomic mass is 16.1. The highest BCUT2D eigenvalue weighted by Crippen LogP contribution is 2.15. The molecule has 1 aromatic carbocycles. The zero-order valence-electron chi connectivity index (χ0n) is 14.6. The van der Waals surface area contributed by atoms with E-state index in [0.717, 1.165) is 17.0 Å². The fourth-order valence-corrected chi connectivity index (χ4v) is 2.72. The Morgan fingerprint density at radius 2 is 1.92 bits per heavy atom. The van der Waals surface area contributed by atoms with Crippen LogP contribution in [0.15, 0.2) is 48.8 Å². The molecule has 0 aliphatic rings. The van der Waals surface area contributed by atoms with Gasteiger partial charge in [0.25, 0.3) is 5.91 Å². The second-order valence-corrected chi connectivity index (χ2v) is 6.14. The van der Waals surface area contributed by atoms with Gasteiger partial charge in [0, 0.05) is 35.3 Å². The third-order valence-electron chi connectivity index (χ3n) is 3.88. The highest BCUT2D eigenvalue weighted by molar-refractivity contribution is 5.95. The predicted octanol–water partition coefficient (Wildman–Crippen LogP) is 2.78. The first-order valence-corrected chi connectivity index (χ1v) is 8.22. The SMILES string of the molecule is Cc1cc(C)n(CC(C)NC(=O)c2cccc(-c3ncccn3)c2)n1. The van der Waals surface area contributed by atoms with Crippen LogP contribution in [-0.4, -0.2) is 31.7 Å². The lowest BCUT2D eigenvalue weighted by molar-refractivity contribution is 0.0936. The molecular formula is C19H21N5O. The molecule has 0 fully saturated rings. The molecule has 6 nitrogen and oxygen atoms in total. The second-order valence-electron chi connectivity index (χ2n) is 6.14. The van der Waals surface area contributed by atoms with Crippen molar-refractivity contribution in [3.8, 4) is 11.4 Å². The van der Waals surface area contributed by atoms with Crippen LogP contribution in [-0.2, 0) is 6.54 Å². The van der Waals surface area contributed by atoms with Gasteiger partial charge >= 0.3 is 0 Å². The summed E-state index contributed by atoms with van der Waals surface area (Å²) in [4.78, 5) is 21.0. The molecule has 0 spiro atoms. The van der Waals surface area contributed by atoms with Gasteiger partial charge in [0.15, 0.2) is 5.82 Å². The fraction of sp³-hybridized carbons (Fsp3) is 0.263. The summed E-state index contributed by atoms with van der Waals surface area (Å²) >= 11 is 0. The summed E-state index contributed by atoms with van der Waals surface area (Å²) in [6, 6.07) is 11.1. The van der Waals surface area contributed by atoms with Gasteiger partial charge < -0.3 is 5.32 Å². The molecule has 3 rings (SSSR count). The van der Waals surface area contributed by atoms with Crippen LogP contribution in [0.5, 0.6) is 0 Å². The minimum Gasteiger partial charge on any atom is -0.348 e. The van der Waals surface area contributed by atoms with Gasteiger partial charge in [-0.15, -0.1) is 0 Å². The number of aromatic nitrogens is 4. The van der Waals surface area contributed by atoms with Gasteiger partial charge in [0.05, 0.1) is 12.2 Å². The molecule has 25 heavy (non-hydrogen) atoms. The summed E-state index contributed by atoms with van der Waals surface area (Å²) in [7, 11) is 0. The van der Waals surface area contributed by atoms with Crippen molar-refractivity contribution >= 4 is 5.91 Å². The molecule has 1 amide bonds. The van der Waals surface area contributed by atoms with Gasteiger partial charge in [-0.25, -0.2) is 9.97 Å². The lowest BCUT2D eigenvalue weighted by atomic mass is 10.1. The van der Waals surface area contributed by atoms with Crippen LogP contribution in [0.1, 0.15) is 28.7 Å². The van der Waals surface area contributed by atoms with Gasteiger partial charge in [-0.1, -0.05) is 12.1 Å². The molecule has 1 atom stereocenters. The summed E-state index contributed by atoms with van der Waals surface area (Å²) in [6.07, 6.45) is 3.37. The van der Waals surface area contributed by atoms with E-state index in [1.165, 1.54) is 0 Å². The number of aryl methyl sites for hydroxylation is 2. The first kappa shape index (κ1) is 16.8. The van der Waals surface area contributed by atoms with Crippen molar-refractivity contribution in [2.75, 3.05) is 0 Å². The van der Waals surface area contributed by atoms with Crippen molar-refractivity contribution in [3.05, 3.63) is 65.7 Å². The first-order chi connectivity index (χ1) is 12.0. The van der Waals surface area contributed by atoms with E-state index in [4.69, 9.17) is 0 Å². The van der Waals surface area contributed by atoms with Crippen molar-refractivity contribution < 1.29 is 4.79 Å². The Bertz CT molecular complexity index is 873. The maximum atomic E-state index is 12.5. The summed E-state index contributed by atoms with van der Waals surface area (Å²) in [5.74, 6) is 0.486. The quantitative estimate of drug-likeness (QED) is 0.778. The molecule has 1 N–H and O–H groups in total. The molecule has 128 valence electrons. The highest BCUT2D eigenvalue weighted by Gasteiger charge is 2.13. The molecule has 0 bridgehead atoms. The van der Waals surface area contributed by atoms with Crippen molar-refractivity contribution in [2.45, 2.75) is 33.4 Å². The van der Waals surface area contributed by atoms with Gasteiger partial charge in [-0.2, -0.15) is 5.10 Å². The first-order valence-electron chi connectivity index (χ1n) is 8.22. The molecule has 2 heterocycles. The maximum absolute atomic E-state index is 12.5. The van der Waals surface area contributed by atoms with Crippen LogP contribution in [0.2, 0.25) is 0 Å². The molecule has 3 aromatic rings. The van der Waals surface area contributed by atoms with Crippen molar-refractivity contribution in [1.82, 2.24) is 25.1 Å². The monoisotopic (exact) mass is 335 g/mol. The van der Waals surface area contributed by atoms with Crippen LogP contribution < -0.4 is 5.32 Å². The topological polar surface area (TPSA) is 72.7 Å². The number of carbonyl (C=O) groups is 1. The number of amides is 1. The van der Waals surface area contributed by atoms with E-state index in [-0.39, 0.29) is 11.9 Å². The van der Waals surface area contributed by atoms with E-state index in [1.54, 1.807) is 30.6 Å². The molecule has 0 aliphatic heterocycles. The standard InChI is InChI=1S/C19H21N5O/c1-13-10-15(3)24(23-13)12-14(2)22-19(25)17-7-4-6-16(11-17)18-20-8-5-9-21-18/h4-11,14H,12H2,1-3H3,(H,22,25). The van der Waals surface area contributed by atoms with Crippen molar-refractivity contribution in [3.63, 3.8) is 0 Å². The summed E-state index contributed by atoms with van der Waals surface area (Å²) in [6.45, 7) is 6.58. The third kappa shape index (κ3) is 4.09. The minimum atomic E-state index is -0.119. The van der Waals surface area contributed by atoms with Crippen LogP contribution in [0.4, 0.5) is 0 Å². The van der Waals surface area contributed by atoms with E-state index in [9.17, 15) is 4.79 Å². The number of nitrogens with zero attached hydrogens (tertiary/aromatic N) is 4. The molecule has 0 saturated carbocycles. The average molecular weight is 335 g/mol. The number of hydrogen-bond donors (Lipinski definition) is 1. The lowest BCUT2D eigenvalue weighted by Crippen LogP contribution is -2.36. The Morgan fingerprint density at radius 3 is 2.60 bits per heavy atom. The largest absolute Gasteiger partial charge is 0.348 e. The summed E-state index contributed by atoms with van der Waals surface area (Å²) in [5.41, 5.74) is 3.47. The lowest BCUT2D eigenvalue weighted by Gasteiger charge is -2.15. The zero-order chi connectivity index (χ0) is 17.8. The van der Waals surface area contributed by atoms with E-state index in [1.807, 2.05) is 43.7 Å². The molecule has 0 radical (unpaired) electrons. The van der Waals surface area contributed by atoms with Crippen LogP contribution in [0.25, 0.3) is 11.4 Å². The minimum absolute atomic E-state index is 0.0397. The third-order valence-corrected chi connectivity index (χ3v) is 3.88. The number of hydrogen-bond acceptors (Lipinski definition) is 4.